The number of nitrogens with zero attached hydrogens (tertiary/aromatic N) is 1. The molecule has 3 heteroatoms. The first-order valence-corrected chi connectivity index (χ1v) is 5.77. The average molecular weight is 202 g/mol. The van der Waals surface area contributed by atoms with Crippen molar-refractivity contribution >= 4 is 0 Å². The van der Waals surface area contributed by atoms with Crippen molar-refractivity contribution in [3.05, 3.63) is 0 Å². The molecule has 0 saturated heterocycles. The molecular formula is C11H26N2O. The van der Waals surface area contributed by atoms with Gasteiger partial charge in [-0.2, -0.15) is 0 Å². The number of hydrogen-bond acceptors (Lipinski definition) is 3. The Morgan fingerprint density at radius 1 is 1.00 bits per heavy atom. The van der Waals surface area contributed by atoms with Gasteiger partial charge in [0.2, 0.25) is 0 Å². The second kappa shape index (κ2) is 11.0. The second-order valence-corrected chi connectivity index (χ2v) is 3.58. The molecule has 1 N–H and O–H groups in total. The van der Waals surface area contributed by atoms with Gasteiger partial charge < -0.3 is 15.0 Å². The summed E-state index contributed by atoms with van der Waals surface area (Å²) >= 11 is 0. The Balaban J connectivity index is 3.30. The van der Waals surface area contributed by atoms with E-state index < -0.39 is 0 Å². The first-order chi connectivity index (χ1) is 6.85. The second-order valence-electron chi connectivity index (χ2n) is 3.58. The van der Waals surface area contributed by atoms with Crippen LogP contribution in [0.25, 0.3) is 0 Å². The maximum Gasteiger partial charge on any atom is 0.0587 e. The third-order valence-corrected chi connectivity index (χ3v) is 2.17. The topological polar surface area (TPSA) is 24.5 Å². The molecule has 0 fully saturated rings. The maximum atomic E-state index is 4.97. The molecule has 3 nitrogen and oxygen atoms in total. The molecule has 0 rings (SSSR count). The highest BCUT2D eigenvalue weighted by atomic mass is 16.5. The zero-order valence-electron chi connectivity index (χ0n) is 10.0. The summed E-state index contributed by atoms with van der Waals surface area (Å²) < 4.78 is 4.97. The van der Waals surface area contributed by atoms with Gasteiger partial charge in [0.25, 0.3) is 0 Å². The standard InChI is InChI=1S/C11H26N2O/c1-4-8-13(9-5-2)10-6-12-7-11-14-3/h12H,4-11H2,1-3H3. The van der Waals surface area contributed by atoms with Crippen molar-refractivity contribution in [2.24, 2.45) is 0 Å². The van der Waals surface area contributed by atoms with Crippen LogP contribution in [0.3, 0.4) is 0 Å². The zero-order valence-corrected chi connectivity index (χ0v) is 10.0. The zero-order chi connectivity index (χ0) is 10.6. The first kappa shape index (κ1) is 13.9. The number of hydrogen-bond donors (Lipinski definition) is 1. The molecule has 0 saturated carbocycles. The smallest absolute Gasteiger partial charge is 0.0587 e. The van der Waals surface area contributed by atoms with Crippen LogP contribution in [0.4, 0.5) is 0 Å². The number of rotatable bonds is 10. The van der Waals surface area contributed by atoms with E-state index in [2.05, 4.69) is 24.1 Å². The first-order valence-electron chi connectivity index (χ1n) is 5.77. The van der Waals surface area contributed by atoms with Gasteiger partial charge >= 0.3 is 0 Å². The average Bonchev–Trinajstić information content (AvgIpc) is 2.18. The fourth-order valence-electron chi connectivity index (χ4n) is 1.50. The molecule has 86 valence electrons. The molecule has 0 aromatic carbocycles. The molecule has 0 bridgehead atoms. The highest BCUT2D eigenvalue weighted by Crippen LogP contribution is 1.92. The lowest BCUT2D eigenvalue weighted by atomic mass is 10.3. The molecule has 0 aromatic rings. The predicted octanol–water partition coefficient (Wildman–Crippen LogP) is 1.34. The molecule has 0 amide bonds. The van der Waals surface area contributed by atoms with Crippen LogP contribution < -0.4 is 5.32 Å². The van der Waals surface area contributed by atoms with Crippen molar-refractivity contribution in [1.29, 1.82) is 0 Å². The number of ether oxygens (including phenoxy) is 1. The Hall–Kier alpha value is -0.120. The normalized spacial score (nSPS) is 11.1. The number of methoxy groups -OCH3 is 1. The molecular weight excluding hydrogens is 176 g/mol. The summed E-state index contributed by atoms with van der Waals surface area (Å²) in [4.78, 5) is 2.51. The molecule has 14 heavy (non-hydrogen) atoms. The van der Waals surface area contributed by atoms with E-state index in [-0.39, 0.29) is 0 Å². The molecule has 0 aliphatic heterocycles. The largest absolute Gasteiger partial charge is 0.383 e. The van der Waals surface area contributed by atoms with Crippen LogP contribution in [0, 0.1) is 0 Å². The Morgan fingerprint density at radius 2 is 1.64 bits per heavy atom. The van der Waals surface area contributed by atoms with Gasteiger partial charge in [0, 0.05) is 26.7 Å². The van der Waals surface area contributed by atoms with Crippen LogP contribution in [-0.4, -0.2) is 51.3 Å². The molecule has 0 heterocycles. The molecule has 0 aromatic heterocycles. The minimum Gasteiger partial charge on any atom is -0.383 e. The van der Waals surface area contributed by atoms with Gasteiger partial charge in [0.1, 0.15) is 0 Å². The van der Waals surface area contributed by atoms with E-state index in [4.69, 9.17) is 4.74 Å². The SMILES string of the molecule is CCCN(CCC)CCNCCOC. The molecule has 0 spiro atoms. The Labute approximate surface area is 88.8 Å². The van der Waals surface area contributed by atoms with Crippen LogP contribution in [-0.2, 0) is 4.74 Å². The lowest BCUT2D eigenvalue weighted by molar-refractivity contribution is 0.196. The fourth-order valence-corrected chi connectivity index (χ4v) is 1.50. The van der Waals surface area contributed by atoms with Crippen LogP contribution in [0.15, 0.2) is 0 Å². The van der Waals surface area contributed by atoms with Gasteiger partial charge in [-0.3, -0.25) is 0 Å². The van der Waals surface area contributed by atoms with E-state index in [0.717, 1.165) is 26.2 Å². The summed E-state index contributed by atoms with van der Waals surface area (Å²) in [5.74, 6) is 0. The Morgan fingerprint density at radius 3 is 2.14 bits per heavy atom. The van der Waals surface area contributed by atoms with Gasteiger partial charge in [-0.1, -0.05) is 13.8 Å². The van der Waals surface area contributed by atoms with Gasteiger partial charge in [-0.25, -0.2) is 0 Å². The quantitative estimate of drug-likeness (QED) is 0.541. The van der Waals surface area contributed by atoms with E-state index in [1.165, 1.54) is 25.9 Å². The van der Waals surface area contributed by atoms with Crippen molar-refractivity contribution in [2.45, 2.75) is 26.7 Å². The summed E-state index contributed by atoms with van der Waals surface area (Å²) in [5.41, 5.74) is 0. The molecule has 0 atom stereocenters. The van der Waals surface area contributed by atoms with E-state index in [1.807, 2.05) is 0 Å². The van der Waals surface area contributed by atoms with E-state index in [0.29, 0.717) is 0 Å². The van der Waals surface area contributed by atoms with E-state index in [9.17, 15) is 0 Å². The van der Waals surface area contributed by atoms with Crippen molar-refractivity contribution in [3.63, 3.8) is 0 Å². The van der Waals surface area contributed by atoms with Crippen molar-refractivity contribution in [2.75, 3.05) is 46.4 Å². The molecule has 0 unspecified atom stereocenters. The summed E-state index contributed by atoms with van der Waals surface area (Å²) in [6.07, 6.45) is 2.50. The monoisotopic (exact) mass is 202 g/mol. The van der Waals surface area contributed by atoms with Crippen LogP contribution in [0.5, 0.6) is 0 Å². The van der Waals surface area contributed by atoms with Crippen molar-refractivity contribution in [1.82, 2.24) is 10.2 Å². The lowest BCUT2D eigenvalue weighted by Crippen LogP contribution is -2.34. The minimum absolute atomic E-state index is 0.807. The van der Waals surface area contributed by atoms with Gasteiger partial charge in [-0.05, 0) is 25.9 Å². The number of nitrogens with one attached hydrogen (secondary N) is 1. The summed E-state index contributed by atoms with van der Waals surface area (Å²) in [6.45, 7) is 10.9. The highest BCUT2D eigenvalue weighted by molar-refractivity contribution is 4.58. The third kappa shape index (κ3) is 8.48. The van der Waals surface area contributed by atoms with Gasteiger partial charge in [0.15, 0.2) is 0 Å². The Kier molecular flexibility index (Phi) is 10.9. The van der Waals surface area contributed by atoms with Gasteiger partial charge in [0.05, 0.1) is 6.61 Å². The maximum absolute atomic E-state index is 4.97. The van der Waals surface area contributed by atoms with Gasteiger partial charge in [-0.15, -0.1) is 0 Å². The molecule has 0 aliphatic rings. The predicted molar refractivity (Wildman–Crippen MR) is 61.8 cm³/mol. The van der Waals surface area contributed by atoms with Crippen LogP contribution in [0.2, 0.25) is 0 Å². The summed E-state index contributed by atoms with van der Waals surface area (Å²) in [5, 5.41) is 3.37. The summed E-state index contributed by atoms with van der Waals surface area (Å²) in [6, 6.07) is 0. The lowest BCUT2D eigenvalue weighted by Gasteiger charge is -2.20. The highest BCUT2D eigenvalue weighted by Gasteiger charge is 2.00. The summed E-state index contributed by atoms with van der Waals surface area (Å²) in [7, 11) is 1.74. The molecule has 0 radical (unpaired) electrons. The minimum atomic E-state index is 0.807. The van der Waals surface area contributed by atoms with Crippen molar-refractivity contribution in [3.8, 4) is 0 Å². The molecule has 0 aliphatic carbocycles. The van der Waals surface area contributed by atoms with E-state index in [1.54, 1.807) is 7.11 Å². The van der Waals surface area contributed by atoms with Crippen LogP contribution >= 0.6 is 0 Å². The fraction of sp³-hybridized carbons (Fsp3) is 1.00. The van der Waals surface area contributed by atoms with Crippen molar-refractivity contribution < 1.29 is 4.74 Å². The van der Waals surface area contributed by atoms with E-state index >= 15 is 0 Å². The third-order valence-electron chi connectivity index (χ3n) is 2.17. The van der Waals surface area contributed by atoms with Crippen LogP contribution in [0.1, 0.15) is 26.7 Å². The Bertz CT molecular complexity index is 103.